The molecule has 112 valence electrons. The van der Waals surface area contributed by atoms with Crippen LogP contribution < -0.4 is 15.5 Å². The van der Waals surface area contributed by atoms with Crippen LogP contribution in [0, 0.1) is 5.92 Å². The molecule has 0 spiro atoms. The zero-order valence-corrected chi connectivity index (χ0v) is 12.4. The summed E-state index contributed by atoms with van der Waals surface area (Å²) in [6.45, 7) is 2.13. The summed E-state index contributed by atoms with van der Waals surface area (Å²) >= 11 is 6.13. The lowest BCUT2D eigenvalue weighted by atomic mass is 10.1. The molecule has 0 aliphatic carbocycles. The molecule has 21 heavy (non-hydrogen) atoms. The van der Waals surface area contributed by atoms with Crippen molar-refractivity contribution in [1.29, 1.82) is 0 Å². The lowest BCUT2D eigenvalue weighted by molar-refractivity contribution is -0.126. The van der Waals surface area contributed by atoms with Crippen molar-refractivity contribution < 1.29 is 9.59 Å². The average molecular weight is 308 g/mol. The molecular formula is C15H18ClN3O2. The van der Waals surface area contributed by atoms with E-state index in [1.807, 2.05) is 12.1 Å². The molecule has 2 unspecified atom stereocenters. The molecule has 5 nitrogen and oxygen atoms in total. The minimum atomic E-state index is -0.297. The van der Waals surface area contributed by atoms with Crippen molar-refractivity contribution in [3.05, 3.63) is 29.3 Å². The normalized spacial score (nSPS) is 25.4. The Hall–Kier alpha value is -1.59. The average Bonchev–Trinajstić information content (AvgIpc) is 3.09. The Morgan fingerprint density at radius 1 is 1.38 bits per heavy atom. The highest BCUT2D eigenvalue weighted by atomic mass is 35.5. The number of anilines is 1. The highest BCUT2D eigenvalue weighted by Crippen LogP contribution is 2.31. The fraction of sp³-hybridized carbons (Fsp3) is 0.467. The van der Waals surface area contributed by atoms with Gasteiger partial charge < -0.3 is 15.5 Å². The third-order valence-electron chi connectivity index (χ3n) is 4.05. The molecular weight excluding hydrogens is 290 g/mol. The van der Waals surface area contributed by atoms with Gasteiger partial charge in [-0.05, 0) is 25.1 Å². The number of amides is 2. The number of rotatable bonds is 3. The first-order valence-corrected chi connectivity index (χ1v) is 7.59. The highest BCUT2D eigenvalue weighted by molar-refractivity contribution is 6.33. The maximum Gasteiger partial charge on any atom is 0.227 e. The van der Waals surface area contributed by atoms with Crippen molar-refractivity contribution in [3.8, 4) is 0 Å². The first kappa shape index (κ1) is 14.4. The summed E-state index contributed by atoms with van der Waals surface area (Å²) in [5, 5.41) is 6.76. The van der Waals surface area contributed by atoms with E-state index in [0.717, 1.165) is 19.5 Å². The molecule has 0 saturated carbocycles. The lowest BCUT2D eigenvalue weighted by Gasteiger charge is -2.18. The van der Waals surface area contributed by atoms with Crippen LogP contribution in [0.3, 0.4) is 0 Å². The molecule has 2 atom stereocenters. The fourth-order valence-electron chi connectivity index (χ4n) is 2.88. The van der Waals surface area contributed by atoms with Crippen molar-refractivity contribution in [2.24, 2.45) is 5.92 Å². The van der Waals surface area contributed by atoms with Crippen molar-refractivity contribution in [3.63, 3.8) is 0 Å². The molecule has 1 aromatic carbocycles. The maximum atomic E-state index is 12.3. The van der Waals surface area contributed by atoms with E-state index in [9.17, 15) is 9.59 Å². The molecule has 3 rings (SSSR count). The minimum Gasteiger partial charge on any atom is -0.352 e. The molecule has 2 N–H and O–H groups in total. The third-order valence-corrected chi connectivity index (χ3v) is 4.37. The van der Waals surface area contributed by atoms with E-state index < -0.39 is 0 Å². The van der Waals surface area contributed by atoms with Gasteiger partial charge in [0, 0.05) is 25.6 Å². The molecule has 0 bridgehead atoms. The second kappa shape index (κ2) is 6.03. The highest BCUT2D eigenvalue weighted by Gasteiger charge is 2.36. The maximum absolute atomic E-state index is 12.3. The van der Waals surface area contributed by atoms with Crippen LogP contribution in [0.25, 0.3) is 0 Å². The van der Waals surface area contributed by atoms with Crippen LogP contribution >= 0.6 is 11.6 Å². The number of nitrogens with zero attached hydrogens (tertiary/aromatic N) is 1. The zero-order chi connectivity index (χ0) is 14.8. The Bertz CT molecular complexity index is 558. The van der Waals surface area contributed by atoms with Crippen LogP contribution in [0.4, 0.5) is 5.69 Å². The van der Waals surface area contributed by atoms with Gasteiger partial charge in [-0.1, -0.05) is 23.7 Å². The summed E-state index contributed by atoms with van der Waals surface area (Å²) in [6.07, 6.45) is 1.19. The fourth-order valence-corrected chi connectivity index (χ4v) is 3.12. The number of halogens is 1. The summed E-state index contributed by atoms with van der Waals surface area (Å²) in [7, 11) is 0. The number of carbonyl (C=O) groups is 2. The quantitative estimate of drug-likeness (QED) is 0.881. The van der Waals surface area contributed by atoms with Crippen molar-refractivity contribution in [2.45, 2.75) is 18.9 Å². The zero-order valence-electron chi connectivity index (χ0n) is 11.6. The van der Waals surface area contributed by atoms with Crippen LogP contribution in [0.5, 0.6) is 0 Å². The van der Waals surface area contributed by atoms with E-state index in [1.54, 1.807) is 17.0 Å². The Labute approximate surface area is 128 Å². The lowest BCUT2D eigenvalue weighted by Crippen LogP contribution is -2.40. The summed E-state index contributed by atoms with van der Waals surface area (Å²) in [5.41, 5.74) is 0.682. The number of hydrogen-bond acceptors (Lipinski definition) is 3. The Morgan fingerprint density at radius 3 is 2.90 bits per heavy atom. The van der Waals surface area contributed by atoms with Gasteiger partial charge >= 0.3 is 0 Å². The van der Waals surface area contributed by atoms with E-state index in [-0.39, 0.29) is 30.2 Å². The standard InChI is InChI=1S/C15H18ClN3O2/c16-12-3-1-2-4-13(12)19-9-10(7-14(19)20)15(21)18-11-5-6-17-8-11/h1-4,10-11,17H,5-9H2,(H,18,21). The van der Waals surface area contributed by atoms with Gasteiger partial charge in [0.05, 0.1) is 16.6 Å². The molecule has 0 radical (unpaired) electrons. The molecule has 2 aliphatic rings. The van der Waals surface area contributed by atoms with Gasteiger partial charge in [0.1, 0.15) is 0 Å². The number of hydrogen-bond donors (Lipinski definition) is 2. The number of nitrogens with one attached hydrogen (secondary N) is 2. The summed E-state index contributed by atoms with van der Waals surface area (Å²) in [6, 6.07) is 7.40. The van der Waals surface area contributed by atoms with E-state index in [2.05, 4.69) is 10.6 Å². The van der Waals surface area contributed by atoms with Gasteiger partial charge in [0.25, 0.3) is 0 Å². The predicted molar refractivity (Wildman–Crippen MR) is 81.3 cm³/mol. The number of benzene rings is 1. The molecule has 0 aromatic heterocycles. The Kier molecular flexibility index (Phi) is 4.12. The van der Waals surface area contributed by atoms with Crippen molar-refractivity contribution >= 4 is 29.1 Å². The molecule has 2 fully saturated rings. The minimum absolute atomic E-state index is 0.0356. The van der Waals surface area contributed by atoms with Gasteiger partial charge in [-0.2, -0.15) is 0 Å². The predicted octanol–water partition coefficient (Wildman–Crippen LogP) is 1.17. The second-order valence-corrected chi connectivity index (χ2v) is 5.96. The Balaban J connectivity index is 1.67. The molecule has 1 aromatic rings. The monoisotopic (exact) mass is 307 g/mol. The molecule has 2 aliphatic heterocycles. The number of carbonyl (C=O) groups excluding carboxylic acids is 2. The summed E-state index contributed by atoms with van der Waals surface area (Å²) < 4.78 is 0. The van der Waals surface area contributed by atoms with Crippen LogP contribution in [0.1, 0.15) is 12.8 Å². The van der Waals surface area contributed by atoms with E-state index in [1.165, 1.54) is 0 Å². The van der Waals surface area contributed by atoms with E-state index in [4.69, 9.17) is 11.6 Å². The third kappa shape index (κ3) is 3.04. The molecule has 2 amide bonds. The molecule has 2 saturated heterocycles. The topological polar surface area (TPSA) is 61.4 Å². The molecule has 2 heterocycles. The van der Waals surface area contributed by atoms with Crippen LogP contribution in [-0.2, 0) is 9.59 Å². The van der Waals surface area contributed by atoms with E-state index >= 15 is 0 Å². The summed E-state index contributed by atoms with van der Waals surface area (Å²) in [4.78, 5) is 26.0. The summed E-state index contributed by atoms with van der Waals surface area (Å²) in [5.74, 6) is -0.381. The van der Waals surface area contributed by atoms with Crippen molar-refractivity contribution in [1.82, 2.24) is 10.6 Å². The molecule has 6 heteroatoms. The van der Waals surface area contributed by atoms with Crippen LogP contribution in [0.2, 0.25) is 5.02 Å². The van der Waals surface area contributed by atoms with Gasteiger partial charge in [0.15, 0.2) is 0 Å². The first-order valence-electron chi connectivity index (χ1n) is 7.21. The van der Waals surface area contributed by atoms with Gasteiger partial charge in [-0.25, -0.2) is 0 Å². The van der Waals surface area contributed by atoms with Crippen LogP contribution in [-0.4, -0.2) is 37.5 Å². The second-order valence-electron chi connectivity index (χ2n) is 5.56. The van der Waals surface area contributed by atoms with Crippen LogP contribution in [0.15, 0.2) is 24.3 Å². The Morgan fingerprint density at radius 2 is 2.19 bits per heavy atom. The van der Waals surface area contributed by atoms with Crippen molar-refractivity contribution in [2.75, 3.05) is 24.5 Å². The smallest absolute Gasteiger partial charge is 0.227 e. The van der Waals surface area contributed by atoms with E-state index in [0.29, 0.717) is 17.3 Å². The first-order chi connectivity index (χ1) is 10.1. The van der Waals surface area contributed by atoms with Gasteiger partial charge in [-0.15, -0.1) is 0 Å². The SMILES string of the molecule is O=C(NC1CCNC1)C1CC(=O)N(c2ccccc2Cl)C1. The van der Waals surface area contributed by atoms with Gasteiger partial charge in [-0.3, -0.25) is 9.59 Å². The largest absolute Gasteiger partial charge is 0.352 e. The van der Waals surface area contributed by atoms with Gasteiger partial charge in [0.2, 0.25) is 11.8 Å². The number of para-hydroxylation sites is 1.